The van der Waals surface area contributed by atoms with Gasteiger partial charge < -0.3 is 4.42 Å². The predicted molar refractivity (Wildman–Crippen MR) is 95.6 cm³/mol. The van der Waals surface area contributed by atoms with Crippen molar-refractivity contribution in [3.63, 3.8) is 0 Å². The molecular weight excluding hydrogens is 332 g/mol. The highest BCUT2D eigenvalue weighted by atomic mass is 35.5. The number of benzene rings is 1. The number of nitrogens with zero attached hydrogens (tertiary/aromatic N) is 2. The van der Waals surface area contributed by atoms with Gasteiger partial charge in [0.2, 0.25) is 0 Å². The minimum Gasteiger partial charge on any atom is -0.457 e. The Morgan fingerprint density at radius 2 is 2.09 bits per heavy atom. The first-order chi connectivity index (χ1) is 11.0. The fraction of sp³-hybridized carbons (Fsp3) is 0.176. The van der Waals surface area contributed by atoms with Gasteiger partial charge in [-0.25, -0.2) is 0 Å². The average Bonchev–Trinajstić information content (AvgIpc) is 3.10. The van der Waals surface area contributed by atoms with Crippen LogP contribution in [0.5, 0.6) is 0 Å². The quantitative estimate of drug-likeness (QED) is 0.755. The van der Waals surface area contributed by atoms with Crippen molar-refractivity contribution < 1.29 is 9.21 Å². The second kappa shape index (κ2) is 6.26. The molecule has 1 aliphatic heterocycles. The summed E-state index contributed by atoms with van der Waals surface area (Å²) in [5.41, 5.74) is 2.02. The number of hydrogen-bond donors (Lipinski definition) is 0. The van der Waals surface area contributed by atoms with E-state index in [0.717, 1.165) is 16.9 Å². The number of amides is 1. The Labute approximate surface area is 143 Å². The average molecular weight is 347 g/mol. The Hall–Kier alpha value is -1.98. The van der Waals surface area contributed by atoms with Crippen LogP contribution in [0.2, 0.25) is 5.02 Å². The molecule has 0 radical (unpaired) electrons. The Kier molecular flexibility index (Phi) is 4.33. The van der Waals surface area contributed by atoms with E-state index in [9.17, 15) is 4.79 Å². The number of likely N-dealkylation sites (N-methyl/N-ethyl adjacent to an activating group) is 1. The summed E-state index contributed by atoms with van der Waals surface area (Å²) >= 11 is 7.40. The molecule has 0 unspecified atom stereocenters. The highest BCUT2D eigenvalue weighted by molar-refractivity contribution is 8.18. The highest BCUT2D eigenvalue weighted by Gasteiger charge is 2.30. The van der Waals surface area contributed by atoms with Gasteiger partial charge in [-0.15, -0.1) is 0 Å². The third-order valence-electron chi connectivity index (χ3n) is 3.56. The molecule has 1 fully saturated rings. The van der Waals surface area contributed by atoms with E-state index in [0.29, 0.717) is 20.9 Å². The molecule has 1 aromatic heterocycles. The van der Waals surface area contributed by atoms with Crippen molar-refractivity contribution in [3.8, 4) is 11.3 Å². The van der Waals surface area contributed by atoms with E-state index < -0.39 is 0 Å². The van der Waals surface area contributed by atoms with Crippen LogP contribution in [0.25, 0.3) is 17.4 Å². The summed E-state index contributed by atoms with van der Waals surface area (Å²) in [6, 6.07) is 9.40. The summed E-state index contributed by atoms with van der Waals surface area (Å²) in [4.78, 5) is 18.4. The maximum Gasteiger partial charge on any atom is 0.266 e. The molecule has 1 aliphatic rings. The molecule has 0 aliphatic carbocycles. The Bertz CT molecular complexity index is 839. The summed E-state index contributed by atoms with van der Waals surface area (Å²) in [7, 11) is 3.38. The maximum absolute atomic E-state index is 12.2. The normalized spacial score (nSPS) is 18.4. The van der Waals surface area contributed by atoms with Crippen molar-refractivity contribution in [2.45, 2.75) is 6.92 Å². The number of aliphatic imine (C=N–C) groups is 1. The van der Waals surface area contributed by atoms with Gasteiger partial charge in [-0.05, 0) is 48.5 Å². The number of rotatable bonds is 2. The van der Waals surface area contributed by atoms with E-state index in [4.69, 9.17) is 16.0 Å². The van der Waals surface area contributed by atoms with Gasteiger partial charge in [-0.2, -0.15) is 0 Å². The lowest BCUT2D eigenvalue weighted by Gasteiger charge is -2.04. The van der Waals surface area contributed by atoms with Crippen LogP contribution in [-0.4, -0.2) is 30.1 Å². The number of aryl methyl sites for hydroxylation is 1. The Morgan fingerprint density at radius 1 is 1.30 bits per heavy atom. The zero-order valence-electron chi connectivity index (χ0n) is 13.0. The molecule has 0 atom stereocenters. The topological polar surface area (TPSA) is 45.8 Å². The SMILES string of the molecule is CN=C1S/C(=C/c2ccc(-c3cc(Cl)ccc3C)o2)C(=O)N1C. The highest BCUT2D eigenvalue weighted by Crippen LogP contribution is 2.33. The van der Waals surface area contributed by atoms with Crippen molar-refractivity contribution in [1.29, 1.82) is 0 Å². The molecule has 1 saturated heterocycles. The van der Waals surface area contributed by atoms with Gasteiger partial charge in [-0.1, -0.05) is 17.7 Å². The molecule has 0 N–H and O–H groups in total. The second-order valence-electron chi connectivity index (χ2n) is 5.14. The van der Waals surface area contributed by atoms with E-state index in [2.05, 4.69) is 4.99 Å². The lowest BCUT2D eigenvalue weighted by atomic mass is 10.1. The van der Waals surface area contributed by atoms with Crippen LogP contribution < -0.4 is 0 Å². The zero-order chi connectivity index (χ0) is 16.6. The molecule has 1 amide bonds. The predicted octanol–water partition coefficient (Wildman–Crippen LogP) is 4.44. The molecular formula is C17H15ClN2O2S. The number of hydrogen-bond acceptors (Lipinski definition) is 4. The number of halogens is 1. The van der Waals surface area contributed by atoms with Gasteiger partial charge in [0.25, 0.3) is 5.91 Å². The summed E-state index contributed by atoms with van der Waals surface area (Å²) in [5.74, 6) is 1.28. The van der Waals surface area contributed by atoms with Gasteiger partial charge in [-0.3, -0.25) is 14.7 Å². The zero-order valence-corrected chi connectivity index (χ0v) is 14.5. The minimum atomic E-state index is -0.0764. The third-order valence-corrected chi connectivity index (χ3v) is 4.95. The number of carbonyl (C=O) groups excluding carboxylic acids is 1. The fourth-order valence-corrected chi connectivity index (χ4v) is 3.39. The van der Waals surface area contributed by atoms with Crippen molar-refractivity contribution >= 4 is 40.5 Å². The van der Waals surface area contributed by atoms with E-state index >= 15 is 0 Å². The van der Waals surface area contributed by atoms with Crippen molar-refractivity contribution in [2.75, 3.05) is 14.1 Å². The molecule has 23 heavy (non-hydrogen) atoms. The van der Waals surface area contributed by atoms with Gasteiger partial charge in [0.15, 0.2) is 5.17 Å². The number of furan rings is 1. The van der Waals surface area contributed by atoms with E-state index in [1.165, 1.54) is 16.7 Å². The summed E-state index contributed by atoms with van der Waals surface area (Å²) in [6.07, 6.45) is 1.74. The molecule has 0 saturated carbocycles. The molecule has 6 heteroatoms. The van der Waals surface area contributed by atoms with E-state index in [1.807, 2.05) is 37.3 Å². The van der Waals surface area contributed by atoms with Crippen LogP contribution in [0, 0.1) is 6.92 Å². The Balaban J connectivity index is 1.93. The lowest BCUT2D eigenvalue weighted by molar-refractivity contribution is -0.121. The molecule has 118 valence electrons. The van der Waals surface area contributed by atoms with Crippen LogP contribution in [0.15, 0.2) is 44.6 Å². The molecule has 0 spiro atoms. The molecule has 3 rings (SSSR count). The fourth-order valence-electron chi connectivity index (χ4n) is 2.31. The molecule has 2 heterocycles. The monoisotopic (exact) mass is 346 g/mol. The van der Waals surface area contributed by atoms with Crippen LogP contribution in [0.4, 0.5) is 0 Å². The first-order valence-electron chi connectivity index (χ1n) is 7.00. The third kappa shape index (κ3) is 3.07. The molecule has 1 aromatic carbocycles. The van der Waals surface area contributed by atoms with Crippen LogP contribution >= 0.6 is 23.4 Å². The maximum atomic E-state index is 12.2. The lowest BCUT2D eigenvalue weighted by Crippen LogP contribution is -2.23. The smallest absolute Gasteiger partial charge is 0.266 e. The first-order valence-corrected chi connectivity index (χ1v) is 8.20. The first kappa shape index (κ1) is 15.9. The summed E-state index contributed by atoms with van der Waals surface area (Å²) < 4.78 is 5.86. The van der Waals surface area contributed by atoms with E-state index in [-0.39, 0.29) is 5.91 Å². The van der Waals surface area contributed by atoms with Gasteiger partial charge in [0, 0.05) is 30.8 Å². The number of amidine groups is 1. The standard InChI is InChI=1S/C17H15ClN2O2S/c1-10-4-5-11(18)8-13(10)14-7-6-12(22-14)9-15-16(21)20(3)17(19-2)23-15/h4-9H,1-3H3/b15-9+,19-17?. The van der Waals surface area contributed by atoms with Gasteiger partial charge >= 0.3 is 0 Å². The van der Waals surface area contributed by atoms with Crippen molar-refractivity contribution in [2.24, 2.45) is 4.99 Å². The van der Waals surface area contributed by atoms with Crippen LogP contribution in [0.3, 0.4) is 0 Å². The number of carbonyl (C=O) groups is 1. The summed E-state index contributed by atoms with van der Waals surface area (Å²) in [5, 5.41) is 1.34. The van der Waals surface area contributed by atoms with Crippen LogP contribution in [-0.2, 0) is 4.79 Å². The van der Waals surface area contributed by atoms with Gasteiger partial charge in [0.1, 0.15) is 11.5 Å². The number of thioether (sulfide) groups is 1. The minimum absolute atomic E-state index is 0.0764. The molecule has 4 nitrogen and oxygen atoms in total. The molecule has 2 aromatic rings. The Morgan fingerprint density at radius 3 is 2.78 bits per heavy atom. The summed E-state index contributed by atoms with van der Waals surface area (Å²) in [6.45, 7) is 2.00. The largest absolute Gasteiger partial charge is 0.457 e. The van der Waals surface area contributed by atoms with Crippen molar-refractivity contribution in [3.05, 3.63) is 51.6 Å². The second-order valence-corrected chi connectivity index (χ2v) is 6.59. The van der Waals surface area contributed by atoms with Crippen LogP contribution in [0.1, 0.15) is 11.3 Å². The van der Waals surface area contributed by atoms with Crippen molar-refractivity contribution in [1.82, 2.24) is 4.90 Å². The van der Waals surface area contributed by atoms with E-state index in [1.54, 1.807) is 20.2 Å². The van der Waals surface area contributed by atoms with Gasteiger partial charge in [0.05, 0.1) is 4.91 Å². The molecule has 0 bridgehead atoms.